The number of aromatic nitrogens is 2. The molecule has 2 heterocycles. The molecule has 1 unspecified atom stereocenters. The molecular weight excluding hydrogens is 248 g/mol. The van der Waals surface area contributed by atoms with Gasteiger partial charge in [0.1, 0.15) is 0 Å². The Morgan fingerprint density at radius 1 is 1.54 bits per heavy atom. The molecule has 1 aliphatic heterocycles. The van der Waals surface area contributed by atoms with Crippen molar-refractivity contribution in [1.29, 1.82) is 0 Å². The molecule has 0 amide bonds. The largest absolute Gasteiger partial charge is 0.161 e. The summed E-state index contributed by atoms with van der Waals surface area (Å²) in [4.78, 5) is 0. The van der Waals surface area contributed by atoms with E-state index >= 15 is 0 Å². The maximum atomic E-state index is 4.17. The molecule has 70 valence electrons. The Kier molecular flexibility index (Phi) is 3.22. The zero-order valence-electron chi connectivity index (χ0n) is 7.24. The zero-order chi connectivity index (χ0) is 9.10. The van der Waals surface area contributed by atoms with Crippen LogP contribution in [0.5, 0.6) is 0 Å². The molecule has 1 fully saturated rings. The van der Waals surface area contributed by atoms with Crippen LogP contribution in [-0.4, -0.2) is 21.7 Å². The highest BCUT2D eigenvalue weighted by Gasteiger charge is 2.17. The number of hydrogen-bond acceptors (Lipinski definition) is 3. The van der Waals surface area contributed by atoms with Gasteiger partial charge in [0.25, 0.3) is 0 Å². The smallest absolute Gasteiger partial charge is 0.0681 e. The van der Waals surface area contributed by atoms with E-state index in [9.17, 15) is 0 Å². The molecule has 1 aromatic heterocycles. The summed E-state index contributed by atoms with van der Waals surface area (Å²) < 4.78 is 1.04. The Morgan fingerprint density at radius 2 is 2.46 bits per heavy atom. The van der Waals surface area contributed by atoms with E-state index in [4.69, 9.17) is 0 Å². The van der Waals surface area contributed by atoms with E-state index in [0.717, 1.165) is 10.2 Å². The molecule has 0 aromatic carbocycles. The first-order valence-electron chi connectivity index (χ1n) is 4.42. The first-order valence-corrected chi connectivity index (χ1v) is 6.37. The number of nitrogens with zero attached hydrogens (tertiary/aromatic N) is 2. The number of thioether (sulfide) groups is 1. The predicted octanol–water partition coefficient (Wildman–Crippen LogP) is 2.85. The lowest BCUT2D eigenvalue weighted by Gasteiger charge is -2.19. The van der Waals surface area contributed by atoms with Crippen LogP contribution in [0.3, 0.4) is 0 Å². The number of hydrogen-bond donors (Lipinski definition) is 0. The molecule has 0 spiro atoms. The maximum absolute atomic E-state index is 4.17. The third kappa shape index (κ3) is 2.44. The third-order valence-corrected chi connectivity index (χ3v) is 3.87. The van der Waals surface area contributed by atoms with Gasteiger partial charge in [-0.05, 0) is 40.6 Å². The highest BCUT2D eigenvalue weighted by Crippen LogP contribution is 2.30. The van der Waals surface area contributed by atoms with E-state index in [1.807, 2.05) is 11.8 Å². The average molecular weight is 259 g/mol. The van der Waals surface area contributed by atoms with Gasteiger partial charge >= 0.3 is 0 Å². The van der Waals surface area contributed by atoms with E-state index in [1.54, 1.807) is 6.20 Å². The van der Waals surface area contributed by atoms with Crippen molar-refractivity contribution >= 4 is 27.7 Å². The minimum absolute atomic E-state index is 0.615. The first-order chi connectivity index (χ1) is 6.36. The zero-order valence-corrected chi connectivity index (χ0v) is 9.64. The second-order valence-electron chi connectivity index (χ2n) is 3.21. The Hall–Kier alpha value is -0.0900. The van der Waals surface area contributed by atoms with Crippen LogP contribution in [-0.2, 0) is 0 Å². The summed E-state index contributed by atoms with van der Waals surface area (Å²) in [5.41, 5.74) is 1.14. The molecule has 2 nitrogen and oxygen atoms in total. The van der Waals surface area contributed by atoms with Crippen LogP contribution in [0.1, 0.15) is 24.5 Å². The summed E-state index contributed by atoms with van der Waals surface area (Å²) in [6.45, 7) is 0. The van der Waals surface area contributed by atoms with Gasteiger partial charge in [-0.15, -0.1) is 0 Å². The van der Waals surface area contributed by atoms with E-state index in [2.05, 4.69) is 32.2 Å². The Bertz CT molecular complexity index is 287. The molecule has 0 aliphatic carbocycles. The quantitative estimate of drug-likeness (QED) is 0.775. The van der Waals surface area contributed by atoms with E-state index in [0.29, 0.717) is 5.92 Å². The molecule has 0 radical (unpaired) electrons. The highest BCUT2D eigenvalue weighted by molar-refractivity contribution is 9.10. The van der Waals surface area contributed by atoms with Crippen LogP contribution in [0.4, 0.5) is 0 Å². The van der Waals surface area contributed by atoms with Crippen molar-refractivity contribution in [3.05, 3.63) is 22.4 Å². The lowest BCUT2D eigenvalue weighted by Crippen LogP contribution is -2.10. The van der Waals surface area contributed by atoms with Crippen molar-refractivity contribution in [1.82, 2.24) is 10.2 Å². The van der Waals surface area contributed by atoms with Crippen molar-refractivity contribution in [3.63, 3.8) is 0 Å². The van der Waals surface area contributed by atoms with Crippen molar-refractivity contribution in [3.8, 4) is 0 Å². The highest BCUT2D eigenvalue weighted by atomic mass is 79.9. The average Bonchev–Trinajstić information content (AvgIpc) is 2.19. The first kappa shape index (κ1) is 9.46. The van der Waals surface area contributed by atoms with Crippen LogP contribution in [0, 0.1) is 0 Å². The van der Waals surface area contributed by atoms with Gasteiger partial charge in [0.15, 0.2) is 0 Å². The van der Waals surface area contributed by atoms with Gasteiger partial charge < -0.3 is 0 Å². The Morgan fingerprint density at radius 3 is 3.15 bits per heavy atom. The van der Waals surface area contributed by atoms with Gasteiger partial charge in [-0.2, -0.15) is 22.0 Å². The molecule has 0 N–H and O–H groups in total. The van der Waals surface area contributed by atoms with Gasteiger partial charge in [-0.1, -0.05) is 0 Å². The lowest BCUT2D eigenvalue weighted by molar-refractivity contribution is 0.632. The molecule has 1 aliphatic rings. The topological polar surface area (TPSA) is 25.8 Å². The van der Waals surface area contributed by atoms with Crippen LogP contribution in [0.25, 0.3) is 0 Å². The van der Waals surface area contributed by atoms with Gasteiger partial charge in [-0.25, -0.2) is 0 Å². The minimum Gasteiger partial charge on any atom is -0.161 e. The Balaban J connectivity index is 2.14. The number of rotatable bonds is 1. The molecule has 0 bridgehead atoms. The van der Waals surface area contributed by atoms with Crippen LogP contribution in [0.15, 0.2) is 16.7 Å². The molecule has 4 heteroatoms. The standard InChI is InChI=1S/C9H11BrN2S/c10-8-4-9(12-11-5-8)7-2-1-3-13-6-7/h4-5,7H,1-3,6H2. The molecule has 1 atom stereocenters. The molecule has 0 saturated carbocycles. The molecule has 13 heavy (non-hydrogen) atoms. The summed E-state index contributed by atoms with van der Waals surface area (Å²) in [6.07, 6.45) is 4.31. The van der Waals surface area contributed by atoms with E-state index in [1.165, 1.54) is 24.3 Å². The summed E-state index contributed by atoms with van der Waals surface area (Å²) in [7, 11) is 0. The molecule has 1 saturated heterocycles. The normalized spacial score (nSPS) is 23.0. The second kappa shape index (κ2) is 4.42. The monoisotopic (exact) mass is 258 g/mol. The summed E-state index contributed by atoms with van der Waals surface area (Å²) in [6, 6.07) is 2.09. The van der Waals surface area contributed by atoms with Crippen molar-refractivity contribution in [2.45, 2.75) is 18.8 Å². The van der Waals surface area contributed by atoms with Crippen molar-refractivity contribution in [2.75, 3.05) is 11.5 Å². The molecular formula is C9H11BrN2S. The Labute approximate surface area is 90.6 Å². The fourth-order valence-electron chi connectivity index (χ4n) is 1.53. The van der Waals surface area contributed by atoms with E-state index in [-0.39, 0.29) is 0 Å². The van der Waals surface area contributed by atoms with Gasteiger partial charge in [0.2, 0.25) is 0 Å². The van der Waals surface area contributed by atoms with Gasteiger partial charge in [0.05, 0.1) is 11.9 Å². The molecule has 1 aromatic rings. The summed E-state index contributed by atoms with van der Waals surface area (Å²) in [5.74, 6) is 3.12. The summed E-state index contributed by atoms with van der Waals surface area (Å²) in [5, 5.41) is 8.12. The van der Waals surface area contributed by atoms with Crippen LogP contribution in [0.2, 0.25) is 0 Å². The SMILES string of the molecule is Brc1cnnc(C2CCCSC2)c1. The minimum atomic E-state index is 0.615. The second-order valence-corrected chi connectivity index (χ2v) is 5.28. The maximum Gasteiger partial charge on any atom is 0.0681 e. The van der Waals surface area contributed by atoms with E-state index < -0.39 is 0 Å². The van der Waals surface area contributed by atoms with Gasteiger partial charge in [0, 0.05) is 16.1 Å². The predicted molar refractivity (Wildman–Crippen MR) is 59.0 cm³/mol. The number of halogens is 1. The third-order valence-electron chi connectivity index (χ3n) is 2.22. The van der Waals surface area contributed by atoms with Crippen molar-refractivity contribution < 1.29 is 0 Å². The molecule has 2 rings (SSSR count). The van der Waals surface area contributed by atoms with Crippen molar-refractivity contribution in [2.24, 2.45) is 0 Å². The van der Waals surface area contributed by atoms with Gasteiger partial charge in [-0.3, -0.25) is 0 Å². The lowest BCUT2D eigenvalue weighted by atomic mass is 10.0. The summed E-state index contributed by atoms with van der Waals surface area (Å²) >= 11 is 5.44. The fraction of sp³-hybridized carbons (Fsp3) is 0.556. The van der Waals surface area contributed by atoms with Crippen LogP contribution >= 0.6 is 27.7 Å². The fourth-order valence-corrected chi connectivity index (χ4v) is 3.02. The van der Waals surface area contributed by atoms with Crippen LogP contribution < -0.4 is 0 Å².